The van der Waals surface area contributed by atoms with Crippen LogP contribution < -0.4 is 10.6 Å². The van der Waals surface area contributed by atoms with E-state index in [-0.39, 0.29) is 12.3 Å². The maximum atomic E-state index is 13.0. The van der Waals surface area contributed by atoms with Crippen LogP contribution in [0.5, 0.6) is 0 Å². The van der Waals surface area contributed by atoms with E-state index in [1.807, 2.05) is 30.3 Å². The molecular formula is C17H18F2N2O. The zero-order valence-electron chi connectivity index (χ0n) is 12.1. The van der Waals surface area contributed by atoms with E-state index in [2.05, 4.69) is 10.6 Å². The van der Waals surface area contributed by atoms with Crippen molar-refractivity contribution in [3.63, 3.8) is 0 Å². The molecule has 0 heterocycles. The Hall–Kier alpha value is -2.43. The maximum absolute atomic E-state index is 13.0. The topological polar surface area (TPSA) is 41.1 Å². The molecule has 0 aliphatic carbocycles. The molecule has 0 atom stereocenters. The zero-order valence-corrected chi connectivity index (χ0v) is 12.1. The Labute approximate surface area is 128 Å². The van der Waals surface area contributed by atoms with Gasteiger partial charge in [-0.25, -0.2) is 8.78 Å². The van der Waals surface area contributed by atoms with Gasteiger partial charge >= 0.3 is 0 Å². The molecular weight excluding hydrogens is 286 g/mol. The normalized spacial score (nSPS) is 10.3. The van der Waals surface area contributed by atoms with E-state index in [4.69, 9.17) is 0 Å². The lowest BCUT2D eigenvalue weighted by Gasteiger charge is -2.08. The van der Waals surface area contributed by atoms with Crippen LogP contribution in [0.3, 0.4) is 0 Å². The third-order valence-electron chi connectivity index (χ3n) is 3.18. The largest absolute Gasteiger partial charge is 0.384 e. The summed E-state index contributed by atoms with van der Waals surface area (Å²) < 4.78 is 25.8. The van der Waals surface area contributed by atoms with Gasteiger partial charge in [-0.05, 0) is 30.2 Å². The zero-order chi connectivity index (χ0) is 15.8. The second-order valence-corrected chi connectivity index (χ2v) is 4.89. The van der Waals surface area contributed by atoms with E-state index in [1.165, 1.54) is 11.6 Å². The second-order valence-electron chi connectivity index (χ2n) is 4.89. The van der Waals surface area contributed by atoms with E-state index < -0.39 is 11.6 Å². The number of amides is 1. The number of benzene rings is 2. The van der Waals surface area contributed by atoms with Gasteiger partial charge in [0.15, 0.2) is 11.6 Å². The third kappa shape index (κ3) is 5.16. The molecule has 0 unspecified atom stereocenters. The molecule has 2 aromatic carbocycles. The lowest BCUT2D eigenvalue weighted by atomic mass is 10.1. The molecule has 0 saturated carbocycles. The van der Waals surface area contributed by atoms with E-state index in [1.54, 1.807) is 0 Å². The number of carbonyl (C=O) groups is 1. The molecule has 1 amide bonds. The van der Waals surface area contributed by atoms with Crippen LogP contribution in [0.1, 0.15) is 12.0 Å². The number of halogens is 2. The first-order valence-electron chi connectivity index (χ1n) is 7.15. The molecule has 0 aliphatic rings. The van der Waals surface area contributed by atoms with Crippen molar-refractivity contribution in [2.24, 2.45) is 0 Å². The first-order valence-corrected chi connectivity index (χ1v) is 7.15. The standard InChI is InChI=1S/C17H18F2N2O/c18-15-7-6-14(12-16(15)19)20-11-9-17(22)21-10-8-13-4-2-1-3-5-13/h1-7,12,20H,8-11H2,(H,21,22). The first kappa shape index (κ1) is 15.9. The molecule has 3 nitrogen and oxygen atoms in total. The van der Waals surface area contributed by atoms with E-state index >= 15 is 0 Å². The maximum Gasteiger partial charge on any atom is 0.221 e. The van der Waals surface area contributed by atoms with Gasteiger partial charge in [-0.2, -0.15) is 0 Å². The summed E-state index contributed by atoms with van der Waals surface area (Å²) in [6.07, 6.45) is 1.05. The highest BCUT2D eigenvalue weighted by Gasteiger charge is 2.04. The second kappa shape index (κ2) is 8.12. The molecule has 2 rings (SSSR count). The van der Waals surface area contributed by atoms with Crippen LogP contribution in [-0.2, 0) is 11.2 Å². The molecule has 0 spiro atoms. The highest BCUT2D eigenvalue weighted by Crippen LogP contribution is 2.12. The van der Waals surface area contributed by atoms with E-state index in [0.29, 0.717) is 18.8 Å². The Morgan fingerprint density at radius 1 is 0.955 bits per heavy atom. The molecule has 0 aliphatic heterocycles. The minimum absolute atomic E-state index is 0.0778. The fourth-order valence-corrected chi connectivity index (χ4v) is 2.01. The summed E-state index contributed by atoms with van der Waals surface area (Å²) in [5.41, 5.74) is 1.62. The summed E-state index contributed by atoms with van der Waals surface area (Å²) in [4.78, 5) is 11.7. The average molecular weight is 304 g/mol. The Bertz CT molecular complexity index is 617. The average Bonchev–Trinajstić information content (AvgIpc) is 2.52. The quantitative estimate of drug-likeness (QED) is 0.825. The fourth-order valence-electron chi connectivity index (χ4n) is 2.01. The number of nitrogens with one attached hydrogen (secondary N) is 2. The lowest BCUT2D eigenvalue weighted by Crippen LogP contribution is -2.27. The SMILES string of the molecule is O=C(CCNc1ccc(F)c(F)c1)NCCc1ccccc1. The molecule has 0 fully saturated rings. The van der Waals surface area contributed by atoms with Gasteiger partial charge in [0.05, 0.1) is 0 Å². The Kier molecular flexibility index (Phi) is 5.89. The van der Waals surface area contributed by atoms with Crippen molar-refractivity contribution in [3.05, 3.63) is 65.7 Å². The highest BCUT2D eigenvalue weighted by atomic mass is 19.2. The Morgan fingerprint density at radius 3 is 2.45 bits per heavy atom. The summed E-state index contributed by atoms with van der Waals surface area (Å²) >= 11 is 0. The molecule has 0 saturated heterocycles. The predicted octanol–water partition coefficient (Wildman–Crippen LogP) is 3.13. The Balaban J connectivity index is 1.64. The van der Waals surface area contributed by atoms with Crippen LogP contribution >= 0.6 is 0 Å². The minimum atomic E-state index is -0.905. The molecule has 0 bridgehead atoms. The van der Waals surface area contributed by atoms with Crippen LogP contribution in [0, 0.1) is 11.6 Å². The smallest absolute Gasteiger partial charge is 0.221 e. The number of rotatable bonds is 7. The van der Waals surface area contributed by atoms with Gasteiger partial charge in [-0.1, -0.05) is 30.3 Å². The third-order valence-corrected chi connectivity index (χ3v) is 3.18. The molecule has 116 valence electrons. The minimum Gasteiger partial charge on any atom is -0.384 e. The van der Waals surface area contributed by atoms with Gasteiger partial charge < -0.3 is 10.6 Å². The first-order chi connectivity index (χ1) is 10.6. The molecule has 0 radical (unpaired) electrons. The van der Waals surface area contributed by atoms with Crippen LogP contribution in [0.15, 0.2) is 48.5 Å². The molecule has 2 N–H and O–H groups in total. The van der Waals surface area contributed by atoms with Crippen LogP contribution in [-0.4, -0.2) is 19.0 Å². The number of carbonyl (C=O) groups excluding carboxylic acids is 1. The summed E-state index contributed by atoms with van der Waals surface area (Å²) in [5, 5.41) is 5.71. The van der Waals surface area contributed by atoms with Crippen molar-refractivity contribution in [1.29, 1.82) is 0 Å². The van der Waals surface area contributed by atoms with Gasteiger partial charge in [0.25, 0.3) is 0 Å². The summed E-state index contributed by atoms with van der Waals surface area (Å²) in [5.74, 6) is -1.87. The van der Waals surface area contributed by atoms with Crippen molar-refractivity contribution in [2.75, 3.05) is 18.4 Å². The lowest BCUT2D eigenvalue weighted by molar-refractivity contribution is -0.120. The number of hydrogen-bond donors (Lipinski definition) is 2. The van der Waals surface area contributed by atoms with Crippen LogP contribution in [0.4, 0.5) is 14.5 Å². The molecule has 0 aromatic heterocycles. The van der Waals surface area contributed by atoms with Crippen molar-refractivity contribution in [3.8, 4) is 0 Å². The molecule has 2 aromatic rings. The van der Waals surface area contributed by atoms with Gasteiger partial charge in [0.1, 0.15) is 0 Å². The summed E-state index contributed by atoms with van der Waals surface area (Å²) in [6.45, 7) is 0.941. The van der Waals surface area contributed by atoms with Crippen molar-refractivity contribution in [1.82, 2.24) is 5.32 Å². The van der Waals surface area contributed by atoms with E-state index in [0.717, 1.165) is 18.6 Å². The van der Waals surface area contributed by atoms with Gasteiger partial charge in [-0.15, -0.1) is 0 Å². The highest BCUT2D eigenvalue weighted by molar-refractivity contribution is 5.76. The van der Waals surface area contributed by atoms with Crippen molar-refractivity contribution < 1.29 is 13.6 Å². The fraction of sp³-hybridized carbons (Fsp3) is 0.235. The van der Waals surface area contributed by atoms with Crippen molar-refractivity contribution in [2.45, 2.75) is 12.8 Å². The Morgan fingerprint density at radius 2 is 1.73 bits per heavy atom. The number of anilines is 1. The predicted molar refractivity (Wildman–Crippen MR) is 82.6 cm³/mol. The van der Waals surface area contributed by atoms with Gasteiger partial charge in [-0.3, -0.25) is 4.79 Å². The van der Waals surface area contributed by atoms with Gasteiger partial charge in [0.2, 0.25) is 5.91 Å². The van der Waals surface area contributed by atoms with Crippen LogP contribution in [0.2, 0.25) is 0 Å². The number of hydrogen-bond acceptors (Lipinski definition) is 2. The summed E-state index contributed by atoms with van der Waals surface area (Å²) in [6, 6.07) is 13.5. The molecule has 22 heavy (non-hydrogen) atoms. The summed E-state index contributed by atoms with van der Waals surface area (Å²) in [7, 11) is 0. The van der Waals surface area contributed by atoms with E-state index in [9.17, 15) is 13.6 Å². The van der Waals surface area contributed by atoms with Gasteiger partial charge in [0, 0.05) is 25.2 Å². The monoisotopic (exact) mass is 304 g/mol. The van der Waals surface area contributed by atoms with Crippen LogP contribution in [0.25, 0.3) is 0 Å². The molecule has 5 heteroatoms. The van der Waals surface area contributed by atoms with Crippen molar-refractivity contribution >= 4 is 11.6 Å².